The lowest BCUT2D eigenvalue weighted by Crippen LogP contribution is -2.40. The van der Waals surface area contributed by atoms with Gasteiger partial charge in [-0.05, 0) is 75.8 Å². The van der Waals surface area contributed by atoms with Crippen molar-refractivity contribution >= 4 is 11.8 Å². The average molecular weight is 307 g/mol. The fourth-order valence-electron chi connectivity index (χ4n) is 4.53. The van der Waals surface area contributed by atoms with Gasteiger partial charge in [0.2, 0.25) is 11.8 Å². The molecule has 5 heteroatoms. The van der Waals surface area contributed by atoms with Gasteiger partial charge in [0.05, 0.1) is 6.54 Å². The molecule has 5 nitrogen and oxygen atoms in total. The molecule has 124 valence electrons. The second kappa shape index (κ2) is 6.57. The molecule has 1 aliphatic heterocycles. The zero-order chi connectivity index (χ0) is 15.6. The van der Waals surface area contributed by atoms with Gasteiger partial charge in [-0.3, -0.25) is 9.59 Å². The normalized spacial score (nSPS) is 30.9. The number of amides is 2. The molecular formula is C17H29N3O2. The highest BCUT2D eigenvalue weighted by Crippen LogP contribution is 2.57. The molecule has 0 bridgehead atoms. The van der Waals surface area contributed by atoms with Crippen LogP contribution < -0.4 is 11.1 Å². The monoisotopic (exact) mass is 307 g/mol. The maximum absolute atomic E-state index is 12.0. The minimum atomic E-state index is -0.468. The smallest absolute Gasteiger partial charge is 0.236 e. The van der Waals surface area contributed by atoms with Gasteiger partial charge in [-0.25, -0.2) is 0 Å². The van der Waals surface area contributed by atoms with Crippen molar-refractivity contribution in [2.24, 2.45) is 23.0 Å². The van der Waals surface area contributed by atoms with Crippen LogP contribution in [0, 0.1) is 17.3 Å². The SMILES string of the molecule is NC(=O)CNC(=O)C1CCC(C2(CN3CCCC3)CC2)CC1. The number of likely N-dealkylation sites (tertiary alicyclic amines) is 1. The number of primary amides is 1. The zero-order valence-electron chi connectivity index (χ0n) is 13.5. The average Bonchev–Trinajstić information content (AvgIpc) is 3.11. The van der Waals surface area contributed by atoms with Crippen LogP contribution in [0.4, 0.5) is 0 Å². The van der Waals surface area contributed by atoms with E-state index in [0.29, 0.717) is 5.41 Å². The molecule has 0 aromatic heterocycles. The summed E-state index contributed by atoms with van der Waals surface area (Å²) in [5.74, 6) is 0.428. The summed E-state index contributed by atoms with van der Waals surface area (Å²) in [6.07, 6.45) is 9.77. The fraction of sp³-hybridized carbons (Fsp3) is 0.882. The predicted octanol–water partition coefficient (Wildman–Crippen LogP) is 1.27. The molecule has 2 saturated carbocycles. The summed E-state index contributed by atoms with van der Waals surface area (Å²) in [5, 5.41) is 2.66. The van der Waals surface area contributed by atoms with Crippen molar-refractivity contribution in [1.29, 1.82) is 0 Å². The minimum Gasteiger partial charge on any atom is -0.368 e. The van der Waals surface area contributed by atoms with Crippen LogP contribution in [-0.2, 0) is 9.59 Å². The summed E-state index contributed by atoms with van der Waals surface area (Å²) in [6.45, 7) is 3.83. The van der Waals surface area contributed by atoms with Crippen molar-refractivity contribution in [3.63, 3.8) is 0 Å². The highest BCUT2D eigenvalue weighted by Gasteiger charge is 2.50. The van der Waals surface area contributed by atoms with Gasteiger partial charge in [0.15, 0.2) is 0 Å². The Morgan fingerprint density at radius 2 is 1.73 bits per heavy atom. The molecule has 0 spiro atoms. The van der Waals surface area contributed by atoms with Crippen molar-refractivity contribution < 1.29 is 9.59 Å². The van der Waals surface area contributed by atoms with Gasteiger partial charge in [-0.2, -0.15) is 0 Å². The number of carbonyl (C=O) groups excluding carboxylic acids is 2. The number of nitrogens with one attached hydrogen (secondary N) is 1. The van der Waals surface area contributed by atoms with E-state index in [-0.39, 0.29) is 18.4 Å². The Kier molecular flexibility index (Phi) is 4.71. The van der Waals surface area contributed by atoms with Crippen molar-refractivity contribution in [2.75, 3.05) is 26.2 Å². The van der Waals surface area contributed by atoms with Crippen LogP contribution in [-0.4, -0.2) is 42.9 Å². The predicted molar refractivity (Wildman–Crippen MR) is 85.0 cm³/mol. The van der Waals surface area contributed by atoms with Gasteiger partial charge < -0.3 is 16.0 Å². The van der Waals surface area contributed by atoms with E-state index in [2.05, 4.69) is 10.2 Å². The Balaban J connectivity index is 1.45. The molecule has 3 fully saturated rings. The maximum atomic E-state index is 12.0. The summed E-state index contributed by atoms with van der Waals surface area (Å²) in [7, 11) is 0. The summed E-state index contributed by atoms with van der Waals surface area (Å²) >= 11 is 0. The Bertz CT molecular complexity index is 420. The standard InChI is InChI=1S/C17H29N3O2/c18-15(21)11-19-16(22)13-3-5-14(6-4-13)17(7-8-17)12-20-9-1-2-10-20/h13-14H,1-12H2,(H2,18,21)(H,19,22). The second-order valence-electron chi connectivity index (χ2n) is 7.58. The molecule has 0 aromatic carbocycles. The second-order valence-corrected chi connectivity index (χ2v) is 7.58. The summed E-state index contributed by atoms with van der Waals surface area (Å²) in [5.41, 5.74) is 5.65. The van der Waals surface area contributed by atoms with Crippen molar-refractivity contribution in [1.82, 2.24) is 10.2 Å². The van der Waals surface area contributed by atoms with Gasteiger partial charge in [-0.1, -0.05) is 0 Å². The van der Waals surface area contributed by atoms with Gasteiger partial charge >= 0.3 is 0 Å². The van der Waals surface area contributed by atoms with Gasteiger partial charge in [0.25, 0.3) is 0 Å². The van der Waals surface area contributed by atoms with E-state index in [4.69, 9.17) is 5.73 Å². The van der Waals surface area contributed by atoms with E-state index in [1.807, 2.05) is 0 Å². The largest absolute Gasteiger partial charge is 0.368 e. The van der Waals surface area contributed by atoms with E-state index in [1.54, 1.807) is 0 Å². The lowest BCUT2D eigenvalue weighted by Gasteiger charge is -2.35. The Morgan fingerprint density at radius 1 is 1.09 bits per heavy atom. The number of carbonyl (C=O) groups is 2. The van der Waals surface area contributed by atoms with Crippen LogP contribution in [0.1, 0.15) is 51.4 Å². The Labute approximate surface area is 133 Å². The van der Waals surface area contributed by atoms with Crippen LogP contribution in [0.5, 0.6) is 0 Å². The lowest BCUT2D eigenvalue weighted by atomic mass is 9.73. The first kappa shape index (κ1) is 15.8. The lowest BCUT2D eigenvalue weighted by molar-refractivity contribution is -0.128. The minimum absolute atomic E-state index is 0.0154. The molecular weight excluding hydrogens is 278 g/mol. The van der Waals surface area contributed by atoms with E-state index in [1.165, 1.54) is 58.2 Å². The summed E-state index contributed by atoms with van der Waals surface area (Å²) in [4.78, 5) is 25.4. The summed E-state index contributed by atoms with van der Waals surface area (Å²) in [6, 6.07) is 0. The molecule has 0 radical (unpaired) electrons. The third-order valence-corrected chi connectivity index (χ3v) is 6.03. The van der Waals surface area contributed by atoms with Crippen molar-refractivity contribution in [3.8, 4) is 0 Å². The highest BCUT2D eigenvalue weighted by molar-refractivity contribution is 5.84. The van der Waals surface area contributed by atoms with E-state index in [9.17, 15) is 9.59 Å². The Morgan fingerprint density at radius 3 is 2.27 bits per heavy atom. The van der Waals surface area contributed by atoms with E-state index < -0.39 is 5.91 Å². The first-order valence-electron chi connectivity index (χ1n) is 8.87. The molecule has 2 amide bonds. The van der Waals surface area contributed by atoms with Crippen LogP contribution in [0.25, 0.3) is 0 Å². The van der Waals surface area contributed by atoms with Crippen LogP contribution in [0.3, 0.4) is 0 Å². The first-order valence-corrected chi connectivity index (χ1v) is 8.87. The third-order valence-electron chi connectivity index (χ3n) is 6.03. The van der Waals surface area contributed by atoms with Gasteiger partial charge in [0.1, 0.15) is 0 Å². The molecule has 3 rings (SSSR count). The number of hydrogen-bond donors (Lipinski definition) is 2. The zero-order valence-corrected chi connectivity index (χ0v) is 13.5. The van der Waals surface area contributed by atoms with Gasteiger partial charge in [0, 0.05) is 12.5 Å². The number of nitrogens with two attached hydrogens (primary N) is 1. The number of nitrogens with zero attached hydrogens (tertiary/aromatic N) is 1. The highest BCUT2D eigenvalue weighted by atomic mass is 16.2. The van der Waals surface area contributed by atoms with Crippen molar-refractivity contribution in [2.45, 2.75) is 51.4 Å². The maximum Gasteiger partial charge on any atom is 0.236 e. The molecule has 1 heterocycles. The van der Waals surface area contributed by atoms with Crippen LogP contribution >= 0.6 is 0 Å². The molecule has 22 heavy (non-hydrogen) atoms. The quantitative estimate of drug-likeness (QED) is 0.776. The van der Waals surface area contributed by atoms with Gasteiger partial charge in [-0.15, -0.1) is 0 Å². The molecule has 0 unspecified atom stereocenters. The number of rotatable bonds is 6. The molecule has 1 saturated heterocycles. The topological polar surface area (TPSA) is 75.4 Å². The first-order chi connectivity index (χ1) is 10.6. The number of hydrogen-bond acceptors (Lipinski definition) is 3. The molecule has 0 atom stereocenters. The third kappa shape index (κ3) is 3.62. The van der Waals surface area contributed by atoms with E-state index >= 15 is 0 Å². The molecule has 2 aliphatic carbocycles. The molecule has 0 aromatic rings. The molecule has 3 N–H and O–H groups in total. The van der Waals surface area contributed by atoms with Crippen LogP contribution in [0.15, 0.2) is 0 Å². The van der Waals surface area contributed by atoms with Crippen LogP contribution in [0.2, 0.25) is 0 Å². The van der Waals surface area contributed by atoms with Crippen molar-refractivity contribution in [3.05, 3.63) is 0 Å². The van der Waals surface area contributed by atoms with E-state index in [0.717, 1.165) is 18.8 Å². The molecule has 3 aliphatic rings. The summed E-state index contributed by atoms with van der Waals surface area (Å²) < 4.78 is 0. The fourth-order valence-corrected chi connectivity index (χ4v) is 4.53. The Hall–Kier alpha value is -1.10.